The van der Waals surface area contributed by atoms with E-state index in [1.807, 2.05) is 0 Å². The molecule has 0 aromatic carbocycles. The summed E-state index contributed by atoms with van der Waals surface area (Å²) in [6.07, 6.45) is 5.88. The summed E-state index contributed by atoms with van der Waals surface area (Å²) in [6, 6.07) is 0. The molecule has 13 heavy (non-hydrogen) atoms. The molecule has 0 amide bonds. The number of carboxylic acids is 1. The highest BCUT2D eigenvalue weighted by Crippen LogP contribution is 2.03. The quantitative estimate of drug-likeness (QED) is 0.802. The molecular weight excluding hydrogens is 192 g/mol. The maximum absolute atomic E-state index is 10.1. The van der Waals surface area contributed by atoms with Crippen molar-refractivity contribution in [1.29, 1.82) is 0 Å². The van der Waals surface area contributed by atoms with Crippen LogP contribution in [0, 0.1) is 0 Å². The van der Waals surface area contributed by atoms with Gasteiger partial charge >= 0.3 is 5.97 Å². The first-order valence-corrected chi connectivity index (χ1v) is 3.92. The first-order chi connectivity index (χ1) is 6.18. The van der Waals surface area contributed by atoms with E-state index in [9.17, 15) is 4.79 Å². The van der Waals surface area contributed by atoms with Crippen molar-refractivity contribution in [2.45, 2.75) is 6.42 Å². The lowest BCUT2D eigenvalue weighted by Gasteiger charge is -1.90. The van der Waals surface area contributed by atoms with Gasteiger partial charge in [-0.3, -0.25) is 4.79 Å². The highest BCUT2D eigenvalue weighted by molar-refractivity contribution is 6.30. The van der Waals surface area contributed by atoms with Crippen LogP contribution >= 0.6 is 11.6 Å². The Morgan fingerprint density at radius 2 is 2.15 bits per heavy atom. The molecule has 0 bridgehead atoms. The van der Waals surface area contributed by atoms with Crippen molar-refractivity contribution in [2.24, 2.45) is 0 Å². The molecule has 1 aromatic heterocycles. The first-order valence-electron chi connectivity index (χ1n) is 3.54. The van der Waals surface area contributed by atoms with E-state index in [0.29, 0.717) is 10.8 Å². The molecule has 0 saturated carbocycles. The van der Waals surface area contributed by atoms with Gasteiger partial charge in [-0.05, 0) is 6.08 Å². The van der Waals surface area contributed by atoms with Gasteiger partial charge in [-0.2, -0.15) is 0 Å². The third-order valence-corrected chi connectivity index (χ3v) is 1.39. The number of aliphatic carboxylic acids is 1. The minimum absolute atomic E-state index is 0.0357. The minimum atomic E-state index is -0.884. The topological polar surface area (TPSA) is 63.1 Å². The molecule has 0 fully saturated rings. The van der Waals surface area contributed by atoms with Gasteiger partial charge in [0.25, 0.3) is 0 Å². The number of nitrogens with zero attached hydrogens (tertiary/aromatic N) is 2. The lowest BCUT2D eigenvalue weighted by molar-refractivity contribution is -0.135. The van der Waals surface area contributed by atoms with E-state index >= 15 is 0 Å². The molecule has 0 radical (unpaired) electrons. The number of aromatic nitrogens is 2. The molecule has 5 heteroatoms. The Labute approximate surface area is 79.9 Å². The van der Waals surface area contributed by atoms with Crippen LogP contribution in [0.5, 0.6) is 0 Å². The molecule has 4 nitrogen and oxygen atoms in total. The number of carboxylic acid groups (broad SMARTS) is 1. The number of halogens is 1. The van der Waals surface area contributed by atoms with Crippen LogP contribution in [-0.4, -0.2) is 21.0 Å². The monoisotopic (exact) mass is 198 g/mol. The van der Waals surface area contributed by atoms with Crippen LogP contribution in [-0.2, 0) is 4.79 Å². The van der Waals surface area contributed by atoms with Crippen molar-refractivity contribution in [3.05, 3.63) is 29.3 Å². The predicted octanol–water partition coefficient (Wildman–Crippen LogP) is 1.62. The van der Waals surface area contributed by atoms with Crippen LogP contribution in [0.2, 0.25) is 5.02 Å². The Morgan fingerprint density at radius 1 is 1.54 bits per heavy atom. The van der Waals surface area contributed by atoms with Crippen molar-refractivity contribution in [2.75, 3.05) is 0 Å². The van der Waals surface area contributed by atoms with Crippen molar-refractivity contribution in [3.8, 4) is 0 Å². The van der Waals surface area contributed by atoms with Crippen LogP contribution < -0.4 is 0 Å². The lowest BCUT2D eigenvalue weighted by Crippen LogP contribution is -1.90. The molecule has 0 atom stereocenters. The number of hydrogen-bond donors (Lipinski definition) is 1. The largest absolute Gasteiger partial charge is 0.481 e. The predicted molar refractivity (Wildman–Crippen MR) is 48.3 cm³/mol. The lowest BCUT2D eigenvalue weighted by atomic mass is 10.3. The highest BCUT2D eigenvalue weighted by Gasteiger charge is 1.92. The summed E-state index contributed by atoms with van der Waals surface area (Å²) >= 11 is 5.55. The van der Waals surface area contributed by atoms with E-state index in [2.05, 4.69) is 9.97 Å². The summed E-state index contributed by atoms with van der Waals surface area (Å²) < 4.78 is 0. The Morgan fingerprint density at radius 3 is 2.69 bits per heavy atom. The van der Waals surface area contributed by atoms with E-state index in [1.165, 1.54) is 24.5 Å². The maximum Gasteiger partial charge on any atom is 0.307 e. The molecule has 0 spiro atoms. The molecule has 1 aromatic rings. The van der Waals surface area contributed by atoms with Gasteiger partial charge in [0.15, 0.2) is 5.82 Å². The van der Waals surface area contributed by atoms with E-state index in [0.717, 1.165) is 0 Å². The minimum Gasteiger partial charge on any atom is -0.481 e. The van der Waals surface area contributed by atoms with Crippen LogP contribution in [0.1, 0.15) is 12.2 Å². The average molecular weight is 199 g/mol. The average Bonchev–Trinajstić information content (AvgIpc) is 2.08. The van der Waals surface area contributed by atoms with Crippen molar-refractivity contribution in [1.82, 2.24) is 9.97 Å². The smallest absolute Gasteiger partial charge is 0.307 e. The molecule has 1 rings (SSSR count). The third-order valence-electron chi connectivity index (χ3n) is 1.20. The summed E-state index contributed by atoms with van der Waals surface area (Å²) in [5.74, 6) is -0.434. The summed E-state index contributed by atoms with van der Waals surface area (Å²) in [6.45, 7) is 0. The van der Waals surface area contributed by atoms with Gasteiger partial charge in [-0.15, -0.1) is 0 Å². The van der Waals surface area contributed by atoms with Gasteiger partial charge in [0.2, 0.25) is 0 Å². The fraction of sp³-hybridized carbons (Fsp3) is 0.125. The normalized spacial score (nSPS) is 10.5. The fourth-order valence-corrected chi connectivity index (χ4v) is 0.771. The second kappa shape index (κ2) is 4.57. The molecule has 0 aliphatic carbocycles. The zero-order chi connectivity index (χ0) is 9.68. The molecule has 1 N–H and O–H groups in total. The summed E-state index contributed by atoms with van der Waals surface area (Å²) in [4.78, 5) is 17.8. The third kappa shape index (κ3) is 3.66. The first kappa shape index (κ1) is 9.67. The number of rotatable bonds is 3. The second-order valence-electron chi connectivity index (χ2n) is 2.26. The maximum atomic E-state index is 10.1. The molecular formula is C8H7ClN2O2. The summed E-state index contributed by atoms with van der Waals surface area (Å²) in [5.41, 5.74) is 0. The van der Waals surface area contributed by atoms with E-state index in [1.54, 1.807) is 0 Å². The van der Waals surface area contributed by atoms with Gasteiger partial charge in [-0.25, -0.2) is 9.97 Å². The molecule has 0 aliphatic heterocycles. The van der Waals surface area contributed by atoms with Crippen molar-refractivity contribution < 1.29 is 9.90 Å². The molecule has 1 heterocycles. The SMILES string of the molecule is O=C(O)CC=Cc1ncc(Cl)cn1. The molecule has 0 unspecified atom stereocenters. The van der Waals surface area contributed by atoms with Crippen LogP contribution in [0.15, 0.2) is 18.5 Å². The Kier molecular flexibility index (Phi) is 3.40. The van der Waals surface area contributed by atoms with Crippen molar-refractivity contribution in [3.63, 3.8) is 0 Å². The van der Waals surface area contributed by atoms with Crippen molar-refractivity contribution >= 4 is 23.6 Å². The van der Waals surface area contributed by atoms with Gasteiger partial charge in [0.05, 0.1) is 11.4 Å². The number of carbonyl (C=O) groups is 1. The van der Waals surface area contributed by atoms with E-state index < -0.39 is 5.97 Å². The molecule has 0 saturated heterocycles. The van der Waals surface area contributed by atoms with E-state index in [-0.39, 0.29) is 6.42 Å². The zero-order valence-corrected chi connectivity index (χ0v) is 7.40. The standard InChI is InChI=1S/C8H7ClN2O2/c9-6-4-10-7(11-5-6)2-1-3-8(12)13/h1-2,4-5H,3H2,(H,12,13). The van der Waals surface area contributed by atoms with Crippen LogP contribution in [0.4, 0.5) is 0 Å². The Balaban J connectivity index is 2.59. The molecule has 68 valence electrons. The van der Waals surface area contributed by atoms with Crippen LogP contribution in [0.3, 0.4) is 0 Å². The number of hydrogen-bond acceptors (Lipinski definition) is 3. The second-order valence-corrected chi connectivity index (χ2v) is 2.70. The summed E-state index contributed by atoms with van der Waals surface area (Å²) in [7, 11) is 0. The highest BCUT2D eigenvalue weighted by atomic mass is 35.5. The van der Waals surface area contributed by atoms with Gasteiger partial charge in [0.1, 0.15) is 0 Å². The van der Waals surface area contributed by atoms with E-state index in [4.69, 9.17) is 16.7 Å². The van der Waals surface area contributed by atoms with Gasteiger partial charge in [-0.1, -0.05) is 17.7 Å². The molecule has 0 aliphatic rings. The fourth-order valence-electron chi connectivity index (χ4n) is 0.673. The van der Waals surface area contributed by atoms with Gasteiger partial charge < -0.3 is 5.11 Å². The van der Waals surface area contributed by atoms with Gasteiger partial charge in [0, 0.05) is 12.4 Å². The summed E-state index contributed by atoms with van der Waals surface area (Å²) in [5, 5.41) is 8.78. The zero-order valence-electron chi connectivity index (χ0n) is 6.64. The van der Waals surface area contributed by atoms with Crippen LogP contribution in [0.25, 0.3) is 6.08 Å². The Hall–Kier alpha value is -1.42. The Bertz CT molecular complexity index is 321.